The highest BCUT2D eigenvalue weighted by Crippen LogP contribution is 2.27. The van der Waals surface area contributed by atoms with E-state index in [-0.39, 0.29) is 10.7 Å². The van der Waals surface area contributed by atoms with E-state index in [0.29, 0.717) is 22.7 Å². The van der Waals surface area contributed by atoms with Gasteiger partial charge in [-0.15, -0.1) is 0 Å². The van der Waals surface area contributed by atoms with Gasteiger partial charge in [-0.3, -0.25) is 24.6 Å². The van der Waals surface area contributed by atoms with Crippen LogP contribution in [-0.4, -0.2) is 22.7 Å². The standard InChI is InChI=1S/C30H20N2O4S/c33-27(22-13-11-21(12-14-22)20-7-3-1-4-8-20)19-26-28(34)31-30(37)32(29(26)35)23-15-17-25(18-16-23)36-24-9-5-2-6-10-24/h1-19H,(H,31,34,37). The lowest BCUT2D eigenvalue weighted by Gasteiger charge is -2.28. The van der Waals surface area contributed by atoms with Gasteiger partial charge in [0.1, 0.15) is 17.1 Å². The summed E-state index contributed by atoms with van der Waals surface area (Å²) in [6.07, 6.45) is 1.05. The molecular formula is C30H20N2O4S. The van der Waals surface area contributed by atoms with E-state index in [1.165, 1.54) is 4.90 Å². The first-order chi connectivity index (χ1) is 18.0. The van der Waals surface area contributed by atoms with Gasteiger partial charge in [-0.25, -0.2) is 0 Å². The fraction of sp³-hybridized carbons (Fsp3) is 0. The van der Waals surface area contributed by atoms with Crippen molar-refractivity contribution in [2.45, 2.75) is 0 Å². The van der Waals surface area contributed by atoms with Crippen molar-refractivity contribution in [2.24, 2.45) is 0 Å². The normalized spacial score (nSPS) is 14.4. The Morgan fingerprint density at radius 1 is 0.730 bits per heavy atom. The summed E-state index contributed by atoms with van der Waals surface area (Å²) in [5, 5.41) is 2.43. The van der Waals surface area contributed by atoms with Gasteiger partial charge >= 0.3 is 0 Å². The van der Waals surface area contributed by atoms with Crippen LogP contribution in [0, 0.1) is 0 Å². The molecule has 1 N–H and O–H groups in total. The smallest absolute Gasteiger partial charge is 0.270 e. The number of hydrogen-bond acceptors (Lipinski definition) is 5. The third-order valence-electron chi connectivity index (χ3n) is 5.73. The van der Waals surface area contributed by atoms with Crippen LogP contribution in [0.4, 0.5) is 5.69 Å². The molecule has 0 aromatic heterocycles. The summed E-state index contributed by atoms with van der Waals surface area (Å²) in [4.78, 5) is 39.9. The van der Waals surface area contributed by atoms with E-state index in [4.69, 9.17) is 17.0 Å². The molecule has 0 spiro atoms. The fourth-order valence-electron chi connectivity index (χ4n) is 3.85. The third kappa shape index (κ3) is 5.22. The second kappa shape index (κ2) is 10.4. The van der Waals surface area contributed by atoms with Crippen molar-refractivity contribution in [2.75, 3.05) is 4.90 Å². The molecule has 0 bridgehead atoms. The molecule has 1 fully saturated rings. The molecule has 0 atom stereocenters. The minimum Gasteiger partial charge on any atom is -0.457 e. The maximum Gasteiger partial charge on any atom is 0.270 e. The van der Waals surface area contributed by atoms with E-state index in [2.05, 4.69) is 5.32 Å². The van der Waals surface area contributed by atoms with Crippen LogP contribution in [0.3, 0.4) is 0 Å². The molecule has 7 heteroatoms. The molecule has 1 aliphatic rings. The number of benzene rings is 4. The van der Waals surface area contributed by atoms with Gasteiger partial charge in [-0.1, -0.05) is 72.8 Å². The van der Waals surface area contributed by atoms with Gasteiger partial charge in [0.25, 0.3) is 11.8 Å². The predicted octanol–water partition coefficient (Wildman–Crippen LogP) is 5.70. The number of para-hydroxylation sites is 1. The first-order valence-electron chi connectivity index (χ1n) is 11.4. The maximum absolute atomic E-state index is 13.3. The minimum atomic E-state index is -0.718. The maximum atomic E-state index is 13.3. The van der Waals surface area contributed by atoms with Crippen molar-refractivity contribution in [1.82, 2.24) is 5.32 Å². The quantitative estimate of drug-likeness (QED) is 0.158. The SMILES string of the molecule is O=C1NC(=S)N(c2ccc(Oc3ccccc3)cc2)C(=O)C1=CC(=O)c1ccc(-c2ccccc2)cc1. The van der Waals surface area contributed by atoms with Gasteiger partial charge in [0.2, 0.25) is 0 Å². The third-order valence-corrected chi connectivity index (χ3v) is 6.01. The van der Waals surface area contributed by atoms with Crippen LogP contribution in [0.1, 0.15) is 10.4 Å². The van der Waals surface area contributed by atoms with Crippen LogP contribution < -0.4 is 15.0 Å². The van der Waals surface area contributed by atoms with Crippen LogP contribution in [0.15, 0.2) is 121 Å². The summed E-state index contributed by atoms with van der Waals surface area (Å²) in [7, 11) is 0. The zero-order chi connectivity index (χ0) is 25.8. The van der Waals surface area contributed by atoms with Gasteiger partial charge < -0.3 is 4.74 Å². The average molecular weight is 505 g/mol. The van der Waals surface area contributed by atoms with E-state index in [1.807, 2.05) is 72.8 Å². The fourth-order valence-corrected chi connectivity index (χ4v) is 4.13. The van der Waals surface area contributed by atoms with Gasteiger partial charge in [0.15, 0.2) is 10.9 Å². The Morgan fingerprint density at radius 3 is 1.95 bits per heavy atom. The zero-order valence-electron chi connectivity index (χ0n) is 19.5. The van der Waals surface area contributed by atoms with Gasteiger partial charge in [0.05, 0.1) is 5.69 Å². The van der Waals surface area contributed by atoms with Crippen molar-refractivity contribution < 1.29 is 19.1 Å². The number of ether oxygens (including phenoxy) is 1. The van der Waals surface area contributed by atoms with E-state index in [0.717, 1.165) is 17.2 Å². The first-order valence-corrected chi connectivity index (χ1v) is 11.8. The molecule has 37 heavy (non-hydrogen) atoms. The summed E-state index contributed by atoms with van der Waals surface area (Å²) in [5.41, 5.74) is 2.46. The van der Waals surface area contributed by atoms with Crippen LogP contribution in [-0.2, 0) is 9.59 Å². The monoisotopic (exact) mass is 504 g/mol. The number of nitrogens with one attached hydrogen (secondary N) is 1. The Morgan fingerprint density at radius 2 is 1.30 bits per heavy atom. The molecule has 4 aromatic rings. The number of thiocarbonyl (C=S) groups is 1. The number of ketones is 1. The second-order valence-electron chi connectivity index (χ2n) is 8.17. The molecule has 1 aliphatic heterocycles. The molecule has 6 nitrogen and oxygen atoms in total. The van der Waals surface area contributed by atoms with Crippen LogP contribution in [0.25, 0.3) is 11.1 Å². The molecule has 0 aliphatic carbocycles. The zero-order valence-corrected chi connectivity index (χ0v) is 20.3. The van der Waals surface area contributed by atoms with Crippen LogP contribution in [0.2, 0.25) is 0 Å². The number of allylic oxidation sites excluding steroid dienone is 1. The second-order valence-corrected chi connectivity index (χ2v) is 8.56. The summed E-state index contributed by atoms with van der Waals surface area (Å²) in [5.74, 6) is -0.617. The number of amides is 2. The molecule has 5 rings (SSSR count). The number of nitrogens with zero attached hydrogens (tertiary/aromatic N) is 1. The Balaban J connectivity index is 1.35. The number of anilines is 1. The Bertz CT molecular complexity index is 1510. The Labute approximate surface area is 218 Å². The predicted molar refractivity (Wildman–Crippen MR) is 145 cm³/mol. The van der Waals surface area contributed by atoms with Crippen molar-refractivity contribution in [3.63, 3.8) is 0 Å². The number of rotatable bonds is 6. The molecule has 2 amide bonds. The molecular weight excluding hydrogens is 484 g/mol. The van der Waals surface area contributed by atoms with E-state index in [9.17, 15) is 14.4 Å². The van der Waals surface area contributed by atoms with E-state index < -0.39 is 17.6 Å². The highest BCUT2D eigenvalue weighted by molar-refractivity contribution is 7.80. The number of carbonyl (C=O) groups is 3. The molecule has 0 radical (unpaired) electrons. The molecule has 0 saturated carbocycles. The molecule has 1 saturated heterocycles. The summed E-state index contributed by atoms with van der Waals surface area (Å²) in [6.45, 7) is 0. The average Bonchev–Trinajstić information content (AvgIpc) is 2.93. The lowest BCUT2D eigenvalue weighted by atomic mass is 10.0. The first kappa shape index (κ1) is 23.8. The highest BCUT2D eigenvalue weighted by atomic mass is 32.1. The Kier molecular flexibility index (Phi) is 6.70. The van der Waals surface area contributed by atoms with Gasteiger partial charge in [-0.2, -0.15) is 0 Å². The van der Waals surface area contributed by atoms with Crippen molar-refractivity contribution in [3.05, 3.63) is 126 Å². The van der Waals surface area contributed by atoms with Crippen LogP contribution in [0.5, 0.6) is 11.5 Å². The summed E-state index contributed by atoms with van der Waals surface area (Å²) >= 11 is 5.25. The summed E-state index contributed by atoms with van der Waals surface area (Å²) < 4.78 is 5.79. The minimum absolute atomic E-state index is 0.0662. The lowest BCUT2D eigenvalue weighted by molar-refractivity contribution is -0.122. The van der Waals surface area contributed by atoms with Crippen LogP contribution >= 0.6 is 12.2 Å². The van der Waals surface area contributed by atoms with Gasteiger partial charge in [-0.05, 0) is 59.7 Å². The van der Waals surface area contributed by atoms with Crippen molar-refractivity contribution in [1.29, 1.82) is 0 Å². The Hall–Kier alpha value is -4.88. The summed E-state index contributed by atoms with van der Waals surface area (Å²) in [6, 6.07) is 32.7. The molecule has 0 unspecified atom stereocenters. The molecule has 1 heterocycles. The van der Waals surface area contributed by atoms with E-state index >= 15 is 0 Å². The van der Waals surface area contributed by atoms with E-state index in [1.54, 1.807) is 36.4 Å². The molecule has 180 valence electrons. The highest BCUT2D eigenvalue weighted by Gasteiger charge is 2.35. The largest absolute Gasteiger partial charge is 0.457 e. The van der Waals surface area contributed by atoms with Crippen molar-refractivity contribution >= 4 is 40.6 Å². The van der Waals surface area contributed by atoms with Gasteiger partial charge in [0, 0.05) is 11.6 Å². The lowest BCUT2D eigenvalue weighted by Crippen LogP contribution is -2.54. The molecule has 4 aromatic carbocycles. The topological polar surface area (TPSA) is 75.7 Å². The number of hydrogen-bond donors (Lipinski definition) is 1. The number of carbonyl (C=O) groups excluding carboxylic acids is 3. The van der Waals surface area contributed by atoms with Crippen molar-refractivity contribution in [3.8, 4) is 22.6 Å².